The minimum atomic E-state index is -0.391. The summed E-state index contributed by atoms with van der Waals surface area (Å²) in [7, 11) is 0. The van der Waals surface area contributed by atoms with Crippen molar-refractivity contribution in [3.05, 3.63) is 42.2 Å². The van der Waals surface area contributed by atoms with E-state index in [1.165, 1.54) is 6.07 Å². The van der Waals surface area contributed by atoms with Crippen molar-refractivity contribution in [1.29, 1.82) is 0 Å². The zero-order chi connectivity index (χ0) is 11.4. The molecule has 1 N–H and O–H groups in total. The van der Waals surface area contributed by atoms with Gasteiger partial charge in [0.05, 0.1) is 5.69 Å². The SMILES string of the molecule is O=C(CC1C=CCC1)Nc1ccccc1F. The van der Waals surface area contributed by atoms with Gasteiger partial charge in [0.1, 0.15) is 5.82 Å². The monoisotopic (exact) mass is 219 g/mol. The van der Waals surface area contributed by atoms with Gasteiger partial charge in [-0.15, -0.1) is 0 Å². The molecule has 1 unspecified atom stereocenters. The van der Waals surface area contributed by atoms with E-state index < -0.39 is 5.82 Å². The van der Waals surface area contributed by atoms with E-state index in [2.05, 4.69) is 17.5 Å². The Balaban J connectivity index is 1.92. The van der Waals surface area contributed by atoms with Crippen LogP contribution in [0.1, 0.15) is 19.3 Å². The molecule has 0 spiro atoms. The maximum absolute atomic E-state index is 13.2. The summed E-state index contributed by atoms with van der Waals surface area (Å²) in [5, 5.41) is 2.59. The van der Waals surface area contributed by atoms with Gasteiger partial charge in [-0.2, -0.15) is 0 Å². The van der Waals surface area contributed by atoms with Gasteiger partial charge in [0.2, 0.25) is 5.91 Å². The Morgan fingerprint density at radius 2 is 2.25 bits per heavy atom. The van der Waals surface area contributed by atoms with Crippen LogP contribution in [-0.2, 0) is 4.79 Å². The Bertz CT molecular complexity index is 414. The maximum atomic E-state index is 13.2. The van der Waals surface area contributed by atoms with Crippen LogP contribution in [0.4, 0.5) is 10.1 Å². The number of nitrogens with one attached hydrogen (secondary N) is 1. The number of benzene rings is 1. The zero-order valence-electron chi connectivity index (χ0n) is 8.95. The van der Waals surface area contributed by atoms with Gasteiger partial charge in [0, 0.05) is 6.42 Å². The number of rotatable bonds is 3. The second kappa shape index (κ2) is 4.92. The number of para-hydroxylation sites is 1. The summed E-state index contributed by atoms with van der Waals surface area (Å²) in [6.45, 7) is 0. The fourth-order valence-electron chi connectivity index (χ4n) is 1.87. The van der Waals surface area contributed by atoms with Gasteiger partial charge >= 0.3 is 0 Å². The highest BCUT2D eigenvalue weighted by molar-refractivity contribution is 5.91. The fourth-order valence-corrected chi connectivity index (χ4v) is 1.87. The van der Waals surface area contributed by atoms with Gasteiger partial charge < -0.3 is 5.32 Å². The number of amides is 1. The molecule has 0 bridgehead atoms. The Kier molecular flexibility index (Phi) is 3.34. The number of carbonyl (C=O) groups excluding carboxylic acids is 1. The first-order valence-electron chi connectivity index (χ1n) is 5.47. The first-order chi connectivity index (χ1) is 7.75. The minimum Gasteiger partial charge on any atom is -0.324 e. The molecule has 0 radical (unpaired) electrons. The van der Waals surface area contributed by atoms with Crippen LogP contribution in [0.5, 0.6) is 0 Å². The largest absolute Gasteiger partial charge is 0.324 e. The van der Waals surface area contributed by atoms with Gasteiger partial charge in [0.25, 0.3) is 0 Å². The van der Waals surface area contributed by atoms with Crippen LogP contribution in [0.3, 0.4) is 0 Å². The molecule has 1 atom stereocenters. The molecule has 2 rings (SSSR count). The molecule has 1 amide bonds. The van der Waals surface area contributed by atoms with Crippen LogP contribution < -0.4 is 5.32 Å². The molecule has 16 heavy (non-hydrogen) atoms. The Morgan fingerprint density at radius 3 is 2.94 bits per heavy atom. The van der Waals surface area contributed by atoms with Crippen molar-refractivity contribution < 1.29 is 9.18 Å². The molecule has 1 aliphatic rings. The third-order valence-corrected chi connectivity index (χ3v) is 2.71. The van der Waals surface area contributed by atoms with E-state index in [0.29, 0.717) is 12.3 Å². The molecule has 1 aromatic rings. The number of carbonyl (C=O) groups is 1. The highest BCUT2D eigenvalue weighted by Crippen LogP contribution is 2.21. The Hall–Kier alpha value is -1.64. The molecule has 0 aliphatic heterocycles. The summed E-state index contributed by atoms with van der Waals surface area (Å²) in [4.78, 5) is 11.6. The number of hydrogen-bond acceptors (Lipinski definition) is 1. The number of hydrogen-bond donors (Lipinski definition) is 1. The Morgan fingerprint density at radius 1 is 1.44 bits per heavy atom. The molecule has 1 aliphatic carbocycles. The molecule has 0 fully saturated rings. The molecule has 0 saturated carbocycles. The van der Waals surface area contributed by atoms with Crippen molar-refractivity contribution in [3.63, 3.8) is 0 Å². The average molecular weight is 219 g/mol. The molecule has 0 aromatic heterocycles. The van der Waals surface area contributed by atoms with Gasteiger partial charge in [-0.25, -0.2) is 4.39 Å². The lowest BCUT2D eigenvalue weighted by molar-refractivity contribution is -0.116. The van der Waals surface area contributed by atoms with Crippen LogP contribution in [-0.4, -0.2) is 5.91 Å². The van der Waals surface area contributed by atoms with Gasteiger partial charge in [-0.05, 0) is 30.9 Å². The van der Waals surface area contributed by atoms with E-state index in [9.17, 15) is 9.18 Å². The van der Waals surface area contributed by atoms with Crippen molar-refractivity contribution in [1.82, 2.24) is 0 Å². The first kappa shape index (κ1) is 10.9. The van der Waals surface area contributed by atoms with Gasteiger partial charge in [-0.3, -0.25) is 4.79 Å². The van der Waals surface area contributed by atoms with Crippen molar-refractivity contribution >= 4 is 11.6 Å². The topological polar surface area (TPSA) is 29.1 Å². The first-order valence-corrected chi connectivity index (χ1v) is 5.47. The number of anilines is 1. The lowest BCUT2D eigenvalue weighted by Gasteiger charge is -2.09. The smallest absolute Gasteiger partial charge is 0.225 e. The van der Waals surface area contributed by atoms with E-state index in [1.807, 2.05) is 0 Å². The average Bonchev–Trinajstić information content (AvgIpc) is 2.74. The normalized spacial score (nSPS) is 18.7. The van der Waals surface area contributed by atoms with E-state index in [4.69, 9.17) is 0 Å². The highest BCUT2D eigenvalue weighted by atomic mass is 19.1. The molecule has 2 nitrogen and oxygen atoms in total. The third-order valence-electron chi connectivity index (χ3n) is 2.71. The summed E-state index contributed by atoms with van der Waals surface area (Å²) < 4.78 is 13.2. The summed E-state index contributed by atoms with van der Waals surface area (Å²) >= 11 is 0. The number of halogens is 1. The van der Waals surface area contributed by atoms with E-state index >= 15 is 0 Å². The third kappa shape index (κ3) is 2.69. The van der Waals surface area contributed by atoms with Crippen molar-refractivity contribution in [3.8, 4) is 0 Å². The van der Waals surface area contributed by atoms with E-state index in [-0.39, 0.29) is 11.6 Å². The maximum Gasteiger partial charge on any atom is 0.225 e. The molecular formula is C13H14FNO. The van der Waals surface area contributed by atoms with Crippen molar-refractivity contribution in [2.75, 3.05) is 5.32 Å². The van der Waals surface area contributed by atoms with Crippen molar-refractivity contribution in [2.24, 2.45) is 5.92 Å². The lowest BCUT2D eigenvalue weighted by Crippen LogP contribution is -2.15. The predicted octanol–water partition coefficient (Wildman–Crippen LogP) is 3.12. The summed E-state index contributed by atoms with van der Waals surface area (Å²) in [5.41, 5.74) is 0.259. The summed E-state index contributed by atoms with van der Waals surface area (Å²) in [6, 6.07) is 6.21. The molecule has 3 heteroatoms. The van der Waals surface area contributed by atoms with Crippen molar-refractivity contribution in [2.45, 2.75) is 19.3 Å². The van der Waals surface area contributed by atoms with E-state index in [1.54, 1.807) is 18.2 Å². The standard InChI is InChI=1S/C13H14FNO/c14-11-7-3-4-8-12(11)15-13(16)9-10-5-1-2-6-10/h1,3-5,7-8,10H,2,6,9H2,(H,15,16). The van der Waals surface area contributed by atoms with Crippen LogP contribution in [0.2, 0.25) is 0 Å². The van der Waals surface area contributed by atoms with Crippen LogP contribution in [0.15, 0.2) is 36.4 Å². The quantitative estimate of drug-likeness (QED) is 0.777. The lowest BCUT2D eigenvalue weighted by atomic mass is 10.1. The minimum absolute atomic E-state index is 0.123. The molecule has 0 heterocycles. The zero-order valence-corrected chi connectivity index (χ0v) is 8.95. The predicted molar refractivity (Wildman–Crippen MR) is 61.5 cm³/mol. The summed E-state index contributed by atoms with van der Waals surface area (Å²) in [5.74, 6) is -0.203. The second-order valence-corrected chi connectivity index (χ2v) is 4.00. The van der Waals surface area contributed by atoms with E-state index in [0.717, 1.165) is 12.8 Å². The highest BCUT2D eigenvalue weighted by Gasteiger charge is 2.14. The molecule has 1 aromatic carbocycles. The van der Waals surface area contributed by atoms with Gasteiger partial charge in [-0.1, -0.05) is 24.3 Å². The molecule has 84 valence electrons. The molecule has 0 saturated heterocycles. The van der Waals surface area contributed by atoms with Crippen LogP contribution in [0.25, 0.3) is 0 Å². The van der Waals surface area contributed by atoms with Crippen LogP contribution >= 0.6 is 0 Å². The second-order valence-electron chi connectivity index (χ2n) is 4.00. The molecular weight excluding hydrogens is 205 g/mol. The Labute approximate surface area is 94.2 Å². The summed E-state index contributed by atoms with van der Waals surface area (Å²) in [6.07, 6.45) is 6.63. The fraction of sp³-hybridized carbons (Fsp3) is 0.308. The number of allylic oxidation sites excluding steroid dienone is 2. The van der Waals surface area contributed by atoms with Gasteiger partial charge in [0.15, 0.2) is 0 Å². The van der Waals surface area contributed by atoms with Crippen LogP contribution in [0, 0.1) is 11.7 Å².